The van der Waals surface area contributed by atoms with Gasteiger partial charge in [-0.1, -0.05) is 97.1 Å². The molecule has 0 bridgehead atoms. The van der Waals surface area contributed by atoms with Crippen LogP contribution in [0.1, 0.15) is 27.8 Å². The average molecular weight is 425 g/mol. The third-order valence-corrected chi connectivity index (χ3v) is 5.76. The zero-order valence-electron chi connectivity index (χ0n) is 18.5. The van der Waals surface area contributed by atoms with Crippen LogP contribution in [0.25, 0.3) is 11.1 Å². The highest BCUT2D eigenvalue weighted by molar-refractivity contribution is 5.71. The maximum absolute atomic E-state index is 12.7. The van der Waals surface area contributed by atoms with Gasteiger partial charge in [0.1, 0.15) is 5.60 Å². The number of hydrogen-bond donors (Lipinski definition) is 1. The van der Waals surface area contributed by atoms with E-state index >= 15 is 0 Å². The largest absolute Gasteiger partial charge is 0.380 e. The van der Waals surface area contributed by atoms with E-state index in [0.29, 0.717) is 13.2 Å². The zero-order chi connectivity index (χ0) is 22.4. The van der Waals surface area contributed by atoms with Gasteiger partial charge in [-0.05, 0) is 39.4 Å². The summed E-state index contributed by atoms with van der Waals surface area (Å²) in [5, 5.41) is 12.7. The van der Waals surface area contributed by atoms with Gasteiger partial charge in [0, 0.05) is 19.8 Å². The summed E-state index contributed by atoms with van der Waals surface area (Å²) < 4.78 is 10.8. The van der Waals surface area contributed by atoms with Gasteiger partial charge in [0.05, 0.1) is 13.2 Å². The van der Waals surface area contributed by atoms with Gasteiger partial charge in [-0.3, -0.25) is 0 Å². The Morgan fingerprint density at radius 2 is 1.31 bits per heavy atom. The van der Waals surface area contributed by atoms with Gasteiger partial charge < -0.3 is 14.6 Å². The molecule has 162 valence electrons. The van der Waals surface area contributed by atoms with Crippen molar-refractivity contribution in [3.8, 4) is 11.1 Å². The highest BCUT2D eigenvalue weighted by Crippen LogP contribution is 2.43. The monoisotopic (exact) mass is 424 g/mol. The topological polar surface area (TPSA) is 38.7 Å². The first-order valence-electron chi connectivity index (χ1n) is 10.7. The first-order chi connectivity index (χ1) is 15.7. The van der Waals surface area contributed by atoms with Crippen molar-refractivity contribution in [3.63, 3.8) is 0 Å². The van der Waals surface area contributed by atoms with Crippen LogP contribution < -0.4 is 0 Å². The SMILES string of the molecule is COCc1cccc(C(O)(c2ccccc2COC)c2ccccc2-c2ccccc2)c1. The molecule has 0 aliphatic carbocycles. The molecule has 1 unspecified atom stereocenters. The van der Waals surface area contributed by atoms with E-state index in [1.54, 1.807) is 14.2 Å². The van der Waals surface area contributed by atoms with Crippen LogP contribution in [0.2, 0.25) is 0 Å². The zero-order valence-corrected chi connectivity index (χ0v) is 18.5. The molecule has 0 amide bonds. The number of hydrogen-bond acceptors (Lipinski definition) is 3. The highest BCUT2D eigenvalue weighted by atomic mass is 16.5. The van der Waals surface area contributed by atoms with Gasteiger partial charge in [-0.2, -0.15) is 0 Å². The Bertz CT molecular complexity index is 1170. The molecule has 3 nitrogen and oxygen atoms in total. The fourth-order valence-electron chi connectivity index (χ4n) is 4.33. The molecule has 0 heterocycles. The molecule has 4 rings (SSSR count). The summed E-state index contributed by atoms with van der Waals surface area (Å²) in [5.41, 5.74) is 5.02. The van der Waals surface area contributed by atoms with E-state index in [2.05, 4.69) is 18.2 Å². The molecule has 0 aliphatic heterocycles. The fraction of sp³-hybridized carbons (Fsp3) is 0.172. The lowest BCUT2D eigenvalue weighted by molar-refractivity contribution is 0.119. The molecule has 4 aromatic rings. The lowest BCUT2D eigenvalue weighted by Crippen LogP contribution is -2.31. The van der Waals surface area contributed by atoms with Crippen molar-refractivity contribution in [2.45, 2.75) is 18.8 Å². The van der Waals surface area contributed by atoms with Crippen LogP contribution in [0, 0.1) is 0 Å². The molecule has 1 N–H and O–H groups in total. The van der Waals surface area contributed by atoms with E-state index in [0.717, 1.165) is 38.9 Å². The van der Waals surface area contributed by atoms with E-state index in [9.17, 15) is 5.11 Å². The molecular formula is C29H28O3. The van der Waals surface area contributed by atoms with E-state index < -0.39 is 5.60 Å². The van der Waals surface area contributed by atoms with Crippen molar-refractivity contribution in [1.82, 2.24) is 0 Å². The Balaban J connectivity index is 2.02. The Morgan fingerprint density at radius 3 is 2.06 bits per heavy atom. The van der Waals surface area contributed by atoms with Crippen molar-refractivity contribution in [1.29, 1.82) is 0 Å². The standard InChI is InChI=1S/C29H28O3/c1-31-20-22-11-10-15-25(19-22)29(30,27-17-8-6-14-24(27)21-32-2)28-18-9-7-16-26(28)23-12-4-3-5-13-23/h3-19,30H,20-21H2,1-2H3. The van der Waals surface area contributed by atoms with E-state index in [-0.39, 0.29) is 0 Å². The smallest absolute Gasteiger partial charge is 0.141 e. The van der Waals surface area contributed by atoms with Crippen LogP contribution in [0.4, 0.5) is 0 Å². The van der Waals surface area contributed by atoms with Gasteiger partial charge in [0.2, 0.25) is 0 Å². The quantitative estimate of drug-likeness (QED) is 0.356. The normalized spacial score (nSPS) is 13.0. The van der Waals surface area contributed by atoms with Crippen molar-refractivity contribution in [3.05, 3.63) is 131 Å². The molecular weight excluding hydrogens is 396 g/mol. The lowest BCUT2D eigenvalue weighted by Gasteiger charge is -2.34. The average Bonchev–Trinajstić information content (AvgIpc) is 2.85. The minimum Gasteiger partial charge on any atom is -0.380 e. The summed E-state index contributed by atoms with van der Waals surface area (Å²) in [5.74, 6) is 0. The first kappa shape index (κ1) is 22.0. The Morgan fingerprint density at radius 1 is 0.656 bits per heavy atom. The molecule has 32 heavy (non-hydrogen) atoms. The van der Waals surface area contributed by atoms with Gasteiger partial charge >= 0.3 is 0 Å². The predicted molar refractivity (Wildman–Crippen MR) is 128 cm³/mol. The Hall–Kier alpha value is -3.24. The molecule has 0 aromatic heterocycles. The van der Waals surface area contributed by atoms with Crippen molar-refractivity contribution >= 4 is 0 Å². The fourth-order valence-corrected chi connectivity index (χ4v) is 4.33. The van der Waals surface area contributed by atoms with E-state index in [4.69, 9.17) is 9.47 Å². The summed E-state index contributed by atoms with van der Waals surface area (Å²) in [6, 6.07) is 34.1. The highest BCUT2D eigenvalue weighted by Gasteiger charge is 2.37. The molecule has 3 heteroatoms. The summed E-state index contributed by atoms with van der Waals surface area (Å²) >= 11 is 0. The number of benzene rings is 4. The van der Waals surface area contributed by atoms with Crippen LogP contribution in [-0.2, 0) is 28.3 Å². The number of aliphatic hydroxyl groups is 1. The first-order valence-corrected chi connectivity index (χ1v) is 10.7. The molecule has 0 aliphatic rings. The minimum atomic E-state index is -1.38. The summed E-state index contributed by atoms with van der Waals surface area (Å²) in [6.07, 6.45) is 0. The predicted octanol–water partition coefficient (Wildman–Crippen LogP) is 5.93. The van der Waals surface area contributed by atoms with Crippen molar-refractivity contribution in [2.24, 2.45) is 0 Å². The molecule has 0 spiro atoms. The van der Waals surface area contributed by atoms with Crippen molar-refractivity contribution in [2.75, 3.05) is 14.2 Å². The van der Waals surface area contributed by atoms with Crippen molar-refractivity contribution < 1.29 is 14.6 Å². The maximum atomic E-state index is 12.7. The lowest BCUT2D eigenvalue weighted by atomic mass is 9.75. The van der Waals surface area contributed by atoms with Crippen LogP contribution in [0.3, 0.4) is 0 Å². The number of methoxy groups -OCH3 is 2. The second kappa shape index (κ2) is 9.92. The maximum Gasteiger partial charge on any atom is 0.141 e. The molecule has 0 fully saturated rings. The Kier molecular flexibility index (Phi) is 6.81. The van der Waals surface area contributed by atoms with Gasteiger partial charge in [-0.25, -0.2) is 0 Å². The number of rotatable bonds is 8. The van der Waals surface area contributed by atoms with Crippen LogP contribution in [0.15, 0.2) is 103 Å². The third kappa shape index (κ3) is 4.23. The molecule has 0 saturated heterocycles. The minimum absolute atomic E-state index is 0.406. The molecule has 1 atom stereocenters. The van der Waals surface area contributed by atoms with Gasteiger partial charge in [0.15, 0.2) is 0 Å². The second-order valence-corrected chi connectivity index (χ2v) is 7.85. The molecule has 0 saturated carbocycles. The summed E-state index contributed by atoms with van der Waals surface area (Å²) in [4.78, 5) is 0. The number of ether oxygens (including phenoxy) is 2. The van der Waals surface area contributed by atoms with E-state index in [1.807, 2.05) is 84.9 Å². The van der Waals surface area contributed by atoms with E-state index in [1.165, 1.54) is 0 Å². The summed E-state index contributed by atoms with van der Waals surface area (Å²) in [6.45, 7) is 0.883. The van der Waals surface area contributed by atoms with Crippen LogP contribution in [-0.4, -0.2) is 19.3 Å². The molecule has 0 radical (unpaired) electrons. The van der Waals surface area contributed by atoms with Gasteiger partial charge in [-0.15, -0.1) is 0 Å². The Labute approximate surface area is 189 Å². The third-order valence-electron chi connectivity index (χ3n) is 5.76. The molecule has 4 aromatic carbocycles. The van der Waals surface area contributed by atoms with Crippen LogP contribution in [0.5, 0.6) is 0 Å². The van der Waals surface area contributed by atoms with Gasteiger partial charge in [0.25, 0.3) is 0 Å². The van der Waals surface area contributed by atoms with Crippen LogP contribution >= 0.6 is 0 Å². The second-order valence-electron chi connectivity index (χ2n) is 7.85. The summed E-state index contributed by atoms with van der Waals surface area (Å²) in [7, 11) is 3.35.